The molecule has 0 radical (unpaired) electrons. The van der Waals surface area contributed by atoms with Gasteiger partial charge in [0.05, 0.1) is 14.2 Å². The predicted octanol–water partition coefficient (Wildman–Crippen LogP) is 1.79. The number of aromatic amines is 1. The second-order valence-electron chi connectivity index (χ2n) is 8.75. The van der Waals surface area contributed by atoms with E-state index in [9.17, 15) is 4.79 Å². The maximum Gasteiger partial charge on any atom is 0.350 e. The predicted molar refractivity (Wildman–Crippen MR) is 146 cm³/mol. The van der Waals surface area contributed by atoms with Gasteiger partial charge in [0.15, 0.2) is 17.3 Å². The second-order valence-corrected chi connectivity index (χ2v) is 8.75. The van der Waals surface area contributed by atoms with E-state index in [0.717, 1.165) is 4.68 Å². The molecule has 0 aliphatic heterocycles. The Kier molecular flexibility index (Phi) is 8.41. The van der Waals surface area contributed by atoms with Crippen LogP contribution < -0.4 is 31.0 Å². The highest BCUT2D eigenvalue weighted by Crippen LogP contribution is 2.41. The standard InChI is InChI=1S/C26H31N9O4/c1-34(2)12-13-39-22-19(37-3)14-17(15-20(22)38-4)21(31-18-8-6-16(7-9-18)23(27)28)24-32-26(36)35(33-24)25-29-10-5-11-30-25/h5-11,14-15,21,31H,12-13H2,1-4H3,(H3,27,28)(H,32,33,36). The van der Waals surface area contributed by atoms with Crippen molar-refractivity contribution in [3.05, 3.63) is 82.3 Å². The number of rotatable bonds is 12. The van der Waals surface area contributed by atoms with Gasteiger partial charge in [0.25, 0.3) is 5.95 Å². The van der Waals surface area contributed by atoms with Crippen LogP contribution in [0.25, 0.3) is 5.95 Å². The maximum atomic E-state index is 12.8. The van der Waals surface area contributed by atoms with Gasteiger partial charge < -0.3 is 30.2 Å². The van der Waals surface area contributed by atoms with E-state index in [-0.39, 0.29) is 11.8 Å². The third kappa shape index (κ3) is 6.33. The van der Waals surface area contributed by atoms with Gasteiger partial charge >= 0.3 is 5.69 Å². The van der Waals surface area contributed by atoms with E-state index in [4.69, 9.17) is 25.4 Å². The number of ether oxygens (including phenoxy) is 3. The monoisotopic (exact) mass is 533 g/mol. The van der Waals surface area contributed by atoms with Crippen molar-refractivity contribution >= 4 is 11.5 Å². The number of hydrogen-bond donors (Lipinski definition) is 4. The summed E-state index contributed by atoms with van der Waals surface area (Å²) in [5.41, 5.74) is 7.06. The van der Waals surface area contributed by atoms with Crippen LogP contribution >= 0.6 is 0 Å². The molecule has 0 aliphatic rings. The van der Waals surface area contributed by atoms with Crippen molar-refractivity contribution in [3.63, 3.8) is 0 Å². The van der Waals surface area contributed by atoms with Gasteiger partial charge in [-0.15, -0.1) is 9.78 Å². The van der Waals surface area contributed by atoms with E-state index in [1.54, 1.807) is 56.7 Å². The SMILES string of the molecule is COc1cc(C(Nc2ccc(C(=N)N)cc2)c2nn(-c3ncccn3)c(=O)[nH]2)cc(OC)c1OCCN(C)C. The molecule has 13 heteroatoms. The quantitative estimate of drug-likeness (QED) is 0.156. The molecule has 0 amide bonds. The number of amidine groups is 1. The normalized spacial score (nSPS) is 11.7. The lowest BCUT2D eigenvalue weighted by Gasteiger charge is -2.22. The van der Waals surface area contributed by atoms with Crippen molar-refractivity contribution in [3.8, 4) is 23.2 Å². The van der Waals surface area contributed by atoms with Crippen LogP contribution in [0.15, 0.2) is 59.7 Å². The first kappa shape index (κ1) is 27.1. The smallest absolute Gasteiger partial charge is 0.350 e. The van der Waals surface area contributed by atoms with Gasteiger partial charge in [0, 0.05) is 30.2 Å². The van der Waals surface area contributed by atoms with Crippen LogP contribution in [0.4, 0.5) is 5.69 Å². The first-order valence-electron chi connectivity index (χ1n) is 12.0. The molecule has 0 spiro atoms. The van der Waals surface area contributed by atoms with Crippen LogP contribution in [0.2, 0.25) is 0 Å². The summed E-state index contributed by atoms with van der Waals surface area (Å²) in [5.74, 6) is 1.77. The summed E-state index contributed by atoms with van der Waals surface area (Å²) < 4.78 is 18.4. The van der Waals surface area contributed by atoms with E-state index >= 15 is 0 Å². The van der Waals surface area contributed by atoms with Gasteiger partial charge in [-0.2, -0.15) is 0 Å². The summed E-state index contributed by atoms with van der Waals surface area (Å²) in [6.45, 7) is 1.13. The number of methoxy groups -OCH3 is 2. The Morgan fingerprint density at radius 2 is 1.77 bits per heavy atom. The summed E-state index contributed by atoms with van der Waals surface area (Å²) in [4.78, 5) is 25.9. The molecular formula is C26H31N9O4. The number of benzene rings is 2. The Labute approximate surface area is 225 Å². The third-order valence-corrected chi connectivity index (χ3v) is 5.76. The molecule has 0 saturated heterocycles. The van der Waals surface area contributed by atoms with Crippen LogP contribution in [-0.2, 0) is 0 Å². The molecule has 5 N–H and O–H groups in total. The van der Waals surface area contributed by atoms with Crippen LogP contribution in [-0.4, -0.2) is 76.9 Å². The van der Waals surface area contributed by atoms with Crippen molar-refractivity contribution in [1.29, 1.82) is 5.41 Å². The lowest BCUT2D eigenvalue weighted by Crippen LogP contribution is -2.20. The topological polar surface area (TPSA) is 169 Å². The molecule has 0 aliphatic carbocycles. The van der Waals surface area contributed by atoms with E-state index in [0.29, 0.717) is 53.0 Å². The molecule has 4 rings (SSSR count). The van der Waals surface area contributed by atoms with E-state index < -0.39 is 11.7 Å². The van der Waals surface area contributed by atoms with Crippen LogP contribution in [0.1, 0.15) is 23.0 Å². The van der Waals surface area contributed by atoms with Crippen molar-refractivity contribution in [1.82, 2.24) is 29.6 Å². The molecule has 0 saturated carbocycles. The molecule has 13 nitrogen and oxygen atoms in total. The number of likely N-dealkylation sites (N-methyl/N-ethyl adjacent to an activating group) is 1. The largest absolute Gasteiger partial charge is 0.493 e. The molecule has 0 bridgehead atoms. The minimum Gasteiger partial charge on any atom is -0.493 e. The van der Waals surface area contributed by atoms with Gasteiger partial charge in [-0.3, -0.25) is 10.4 Å². The highest BCUT2D eigenvalue weighted by molar-refractivity contribution is 5.95. The summed E-state index contributed by atoms with van der Waals surface area (Å²) in [7, 11) is 7.01. The molecular weight excluding hydrogens is 502 g/mol. The summed E-state index contributed by atoms with van der Waals surface area (Å²) in [6.07, 6.45) is 3.06. The molecule has 2 aromatic heterocycles. The minimum atomic E-state index is -0.663. The van der Waals surface area contributed by atoms with E-state index in [2.05, 4.69) is 25.4 Å². The van der Waals surface area contributed by atoms with Crippen molar-refractivity contribution < 1.29 is 14.2 Å². The van der Waals surface area contributed by atoms with Crippen molar-refractivity contribution in [2.75, 3.05) is 46.8 Å². The number of hydrogen-bond acceptors (Lipinski definition) is 10. The summed E-state index contributed by atoms with van der Waals surface area (Å²) in [5, 5.41) is 15.5. The number of anilines is 1. The molecule has 0 fully saturated rings. The lowest BCUT2D eigenvalue weighted by atomic mass is 10.0. The van der Waals surface area contributed by atoms with Gasteiger partial charge in [0.2, 0.25) is 5.75 Å². The summed E-state index contributed by atoms with van der Waals surface area (Å²) >= 11 is 0. The highest BCUT2D eigenvalue weighted by atomic mass is 16.5. The average Bonchev–Trinajstić information content (AvgIpc) is 3.33. The Morgan fingerprint density at radius 1 is 1.13 bits per heavy atom. The minimum absolute atomic E-state index is 0.0386. The van der Waals surface area contributed by atoms with Crippen LogP contribution in [0.3, 0.4) is 0 Å². The highest BCUT2D eigenvalue weighted by Gasteiger charge is 2.25. The van der Waals surface area contributed by atoms with Gasteiger partial charge in [-0.1, -0.05) is 0 Å². The van der Waals surface area contributed by atoms with Crippen molar-refractivity contribution in [2.45, 2.75) is 6.04 Å². The number of nitrogens with two attached hydrogens (primary N) is 1. The fourth-order valence-electron chi connectivity index (χ4n) is 3.77. The number of nitrogens with zero attached hydrogens (tertiary/aromatic N) is 5. The maximum absolute atomic E-state index is 12.8. The first-order chi connectivity index (χ1) is 18.8. The van der Waals surface area contributed by atoms with Gasteiger partial charge in [0.1, 0.15) is 18.5 Å². The van der Waals surface area contributed by atoms with Gasteiger partial charge in [-0.25, -0.2) is 14.8 Å². The molecule has 1 atom stereocenters. The van der Waals surface area contributed by atoms with Gasteiger partial charge in [-0.05, 0) is 62.1 Å². The molecule has 4 aromatic rings. The zero-order valence-electron chi connectivity index (χ0n) is 22.1. The second kappa shape index (κ2) is 12.1. The van der Waals surface area contributed by atoms with Crippen molar-refractivity contribution in [2.24, 2.45) is 5.73 Å². The number of aromatic nitrogens is 5. The molecule has 1 unspecified atom stereocenters. The third-order valence-electron chi connectivity index (χ3n) is 5.76. The number of nitrogen functional groups attached to an aromatic ring is 1. The van der Waals surface area contributed by atoms with E-state index in [1.807, 2.05) is 19.0 Å². The first-order valence-corrected chi connectivity index (χ1v) is 12.0. The Bertz CT molecular complexity index is 1440. The Morgan fingerprint density at radius 3 is 2.33 bits per heavy atom. The Balaban J connectivity index is 1.79. The fraction of sp³-hybridized carbons (Fsp3) is 0.269. The Hall–Kier alpha value is -4.91. The summed E-state index contributed by atoms with van der Waals surface area (Å²) in [6, 6.07) is 11.6. The molecule has 39 heavy (non-hydrogen) atoms. The number of nitrogens with one attached hydrogen (secondary N) is 3. The molecule has 2 heterocycles. The molecule has 2 aromatic carbocycles. The zero-order chi connectivity index (χ0) is 27.9. The number of H-pyrrole nitrogens is 1. The average molecular weight is 534 g/mol. The van der Waals surface area contributed by atoms with Crippen LogP contribution in [0.5, 0.6) is 17.2 Å². The van der Waals surface area contributed by atoms with Crippen LogP contribution in [0, 0.1) is 5.41 Å². The zero-order valence-corrected chi connectivity index (χ0v) is 22.1. The molecule has 204 valence electrons. The fourth-order valence-corrected chi connectivity index (χ4v) is 3.77. The lowest BCUT2D eigenvalue weighted by molar-refractivity contribution is 0.239. The van der Waals surface area contributed by atoms with E-state index in [1.165, 1.54) is 12.4 Å².